The Balaban J connectivity index is 3.16. The summed E-state index contributed by atoms with van der Waals surface area (Å²) >= 11 is 3.05. The Bertz CT molecular complexity index is 651. The molecule has 1 N–H and O–H groups in total. The van der Waals surface area contributed by atoms with Gasteiger partial charge >= 0.3 is 0 Å². The highest BCUT2D eigenvalue weighted by atomic mass is 79.9. The standard InChI is InChI=1S/C13H16BrClFNO3S/c1-4-7(2)8(3)17-13(18)9-5-12(21(15,19)20)11(16)6-10(9)14/h5-8H,4H2,1-3H3,(H,17,18). The maximum atomic E-state index is 13.6. The first-order chi connectivity index (χ1) is 9.57. The second kappa shape index (κ2) is 7.07. The molecule has 1 aromatic carbocycles. The number of nitrogens with one attached hydrogen (secondary N) is 1. The molecule has 0 aliphatic carbocycles. The molecule has 118 valence electrons. The third-order valence-electron chi connectivity index (χ3n) is 3.39. The van der Waals surface area contributed by atoms with Crippen molar-refractivity contribution in [3.8, 4) is 0 Å². The fraction of sp³-hybridized carbons (Fsp3) is 0.462. The van der Waals surface area contributed by atoms with Crippen LogP contribution in [0.2, 0.25) is 0 Å². The highest BCUT2D eigenvalue weighted by molar-refractivity contribution is 9.10. The van der Waals surface area contributed by atoms with E-state index in [0.29, 0.717) is 0 Å². The lowest BCUT2D eigenvalue weighted by molar-refractivity contribution is 0.0927. The molecule has 0 aromatic heterocycles. The molecule has 1 rings (SSSR count). The van der Waals surface area contributed by atoms with Crippen LogP contribution in [-0.2, 0) is 9.05 Å². The van der Waals surface area contributed by atoms with E-state index < -0.39 is 25.7 Å². The summed E-state index contributed by atoms with van der Waals surface area (Å²) in [5.74, 6) is -1.25. The third-order valence-corrected chi connectivity index (χ3v) is 5.38. The van der Waals surface area contributed by atoms with E-state index in [4.69, 9.17) is 10.7 Å². The zero-order valence-corrected chi connectivity index (χ0v) is 14.9. The number of halogens is 3. The van der Waals surface area contributed by atoms with Crippen molar-refractivity contribution < 1.29 is 17.6 Å². The predicted octanol–water partition coefficient (Wildman–Crippen LogP) is 3.68. The summed E-state index contributed by atoms with van der Waals surface area (Å²) in [6.07, 6.45) is 0.882. The van der Waals surface area contributed by atoms with Crippen LogP contribution in [0.15, 0.2) is 21.5 Å². The number of benzene rings is 1. The fourth-order valence-corrected chi connectivity index (χ4v) is 3.07. The molecule has 0 aliphatic heterocycles. The SMILES string of the molecule is CCC(C)C(C)NC(=O)c1cc(S(=O)(=O)Cl)c(F)cc1Br. The van der Waals surface area contributed by atoms with Crippen molar-refractivity contribution in [2.24, 2.45) is 5.92 Å². The molecule has 2 unspecified atom stereocenters. The van der Waals surface area contributed by atoms with Crippen LogP contribution in [0.4, 0.5) is 4.39 Å². The van der Waals surface area contributed by atoms with Crippen LogP contribution in [0.25, 0.3) is 0 Å². The van der Waals surface area contributed by atoms with E-state index >= 15 is 0 Å². The molecule has 0 fully saturated rings. The average molecular weight is 401 g/mol. The lowest BCUT2D eigenvalue weighted by atomic mass is 10.0. The Morgan fingerprint density at radius 2 is 2.00 bits per heavy atom. The zero-order chi connectivity index (χ0) is 16.4. The van der Waals surface area contributed by atoms with Gasteiger partial charge in [0, 0.05) is 21.2 Å². The van der Waals surface area contributed by atoms with Gasteiger partial charge in [-0.05, 0) is 40.9 Å². The summed E-state index contributed by atoms with van der Waals surface area (Å²) in [4.78, 5) is 11.5. The molecule has 1 aromatic rings. The van der Waals surface area contributed by atoms with Crippen LogP contribution in [-0.4, -0.2) is 20.4 Å². The Morgan fingerprint density at radius 3 is 2.48 bits per heavy atom. The lowest BCUT2D eigenvalue weighted by Gasteiger charge is -2.20. The van der Waals surface area contributed by atoms with Crippen molar-refractivity contribution in [3.05, 3.63) is 28.0 Å². The Morgan fingerprint density at radius 1 is 1.43 bits per heavy atom. The highest BCUT2D eigenvalue weighted by Crippen LogP contribution is 2.26. The van der Waals surface area contributed by atoms with Gasteiger partial charge in [0.05, 0.1) is 5.56 Å². The number of hydrogen-bond acceptors (Lipinski definition) is 3. The summed E-state index contributed by atoms with van der Waals surface area (Å²) in [5, 5.41) is 2.76. The van der Waals surface area contributed by atoms with E-state index in [1.807, 2.05) is 20.8 Å². The first kappa shape index (κ1) is 18.4. The molecule has 0 saturated heterocycles. The number of rotatable bonds is 5. The van der Waals surface area contributed by atoms with Gasteiger partial charge in [-0.2, -0.15) is 0 Å². The van der Waals surface area contributed by atoms with Crippen molar-refractivity contribution in [1.29, 1.82) is 0 Å². The van der Waals surface area contributed by atoms with Crippen molar-refractivity contribution in [1.82, 2.24) is 5.32 Å². The summed E-state index contributed by atoms with van der Waals surface area (Å²) in [5.41, 5.74) is 0.0192. The number of hydrogen-bond donors (Lipinski definition) is 1. The van der Waals surface area contributed by atoms with Gasteiger partial charge in [-0.15, -0.1) is 0 Å². The van der Waals surface area contributed by atoms with E-state index in [9.17, 15) is 17.6 Å². The molecule has 8 heteroatoms. The molecule has 21 heavy (non-hydrogen) atoms. The summed E-state index contributed by atoms with van der Waals surface area (Å²) < 4.78 is 36.4. The Labute approximate surface area is 136 Å². The van der Waals surface area contributed by atoms with Crippen LogP contribution in [0.5, 0.6) is 0 Å². The monoisotopic (exact) mass is 399 g/mol. The normalized spacial score (nSPS) is 14.6. The summed E-state index contributed by atoms with van der Waals surface area (Å²) in [7, 11) is 0.897. The highest BCUT2D eigenvalue weighted by Gasteiger charge is 2.23. The van der Waals surface area contributed by atoms with E-state index in [-0.39, 0.29) is 22.0 Å². The second-order valence-electron chi connectivity index (χ2n) is 4.85. The molecule has 1 amide bonds. The molecule has 0 spiro atoms. The van der Waals surface area contributed by atoms with E-state index in [1.54, 1.807) is 0 Å². The summed E-state index contributed by atoms with van der Waals surface area (Å²) in [6.45, 7) is 5.83. The maximum absolute atomic E-state index is 13.6. The van der Waals surface area contributed by atoms with Gasteiger partial charge in [0.15, 0.2) is 0 Å². The quantitative estimate of drug-likeness (QED) is 0.767. The fourth-order valence-electron chi connectivity index (χ4n) is 1.67. The van der Waals surface area contributed by atoms with Crippen molar-refractivity contribution in [2.75, 3.05) is 0 Å². The molecule has 0 heterocycles. The van der Waals surface area contributed by atoms with Crippen LogP contribution >= 0.6 is 26.6 Å². The lowest BCUT2D eigenvalue weighted by Crippen LogP contribution is -2.37. The molecule has 0 aliphatic rings. The minimum absolute atomic E-state index is 0.0192. The molecule has 0 radical (unpaired) electrons. The topological polar surface area (TPSA) is 63.2 Å². The molecule has 4 nitrogen and oxygen atoms in total. The van der Waals surface area contributed by atoms with Crippen LogP contribution < -0.4 is 5.32 Å². The van der Waals surface area contributed by atoms with Crippen LogP contribution in [0.3, 0.4) is 0 Å². The molecule has 0 bridgehead atoms. The van der Waals surface area contributed by atoms with Gasteiger partial charge in [-0.1, -0.05) is 20.3 Å². The van der Waals surface area contributed by atoms with Gasteiger partial charge in [0.1, 0.15) is 10.7 Å². The van der Waals surface area contributed by atoms with Gasteiger partial charge in [-0.25, -0.2) is 12.8 Å². The van der Waals surface area contributed by atoms with Crippen molar-refractivity contribution in [3.63, 3.8) is 0 Å². The molecular formula is C13H16BrClFNO3S. The van der Waals surface area contributed by atoms with Gasteiger partial charge < -0.3 is 5.32 Å². The first-order valence-electron chi connectivity index (χ1n) is 6.32. The minimum atomic E-state index is -4.26. The van der Waals surface area contributed by atoms with Crippen molar-refractivity contribution in [2.45, 2.75) is 38.1 Å². The number of carbonyl (C=O) groups is 1. The van der Waals surface area contributed by atoms with Crippen molar-refractivity contribution >= 4 is 41.6 Å². The van der Waals surface area contributed by atoms with Gasteiger partial charge in [0.2, 0.25) is 0 Å². The Kier molecular flexibility index (Phi) is 6.19. The van der Waals surface area contributed by atoms with Gasteiger partial charge in [0.25, 0.3) is 15.0 Å². The Hall–Kier alpha value is -0.660. The smallest absolute Gasteiger partial charge is 0.264 e. The zero-order valence-electron chi connectivity index (χ0n) is 11.8. The van der Waals surface area contributed by atoms with Gasteiger partial charge in [-0.3, -0.25) is 4.79 Å². The van der Waals surface area contributed by atoms with E-state index in [0.717, 1.165) is 18.6 Å². The maximum Gasteiger partial charge on any atom is 0.264 e. The molecule has 0 saturated carbocycles. The number of carbonyl (C=O) groups excluding carboxylic acids is 1. The van der Waals surface area contributed by atoms with Crippen LogP contribution in [0, 0.1) is 11.7 Å². The van der Waals surface area contributed by atoms with E-state index in [1.165, 1.54) is 0 Å². The van der Waals surface area contributed by atoms with E-state index in [2.05, 4.69) is 21.2 Å². The third kappa shape index (κ3) is 4.66. The van der Waals surface area contributed by atoms with Crippen LogP contribution in [0.1, 0.15) is 37.6 Å². The number of amides is 1. The predicted molar refractivity (Wildman–Crippen MR) is 83.5 cm³/mol. The molecule has 2 atom stereocenters. The largest absolute Gasteiger partial charge is 0.349 e. The average Bonchev–Trinajstić information content (AvgIpc) is 2.35. The second-order valence-corrected chi connectivity index (χ2v) is 8.24. The first-order valence-corrected chi connectivity index (χ1v) is 9.42. The minimum Gasteiger partial charge on any atom is -0.349 e. The molecular weight excluding hydrogens is 385 g/mol. The summed E-state index contributed by atoms with van der Waals surface area (Å²) in [6, 6.07) is 1.74.